The highest BCUT2D eigenvalue weighted by Gasteiger charge is 2.24. The third-order valence-corrected chi connectivity index (χ3v) is 3.88. The number of H-pyrrole nitrogens is 1. The lowest BCUT2D eigenvalue weighted by Crippen LogP contribution is -2.32. The van der Waals surface area contributed by atoms with Gasteiger partial charge >= 0.3 is 0 Å². The molecule has 0 aliphatic heterocycles. The summed E-state index contributed by atoms with van der Waals surface area (Å²) in [6.07, 6.45) is 3.49. The van der Waals surface area contributed by atoms with E-state index in [1.807, 2.05) is 0 Å². The van der Waals surface area contributed by atoms with E-state index in [2.05, 4.69) is 10.3 Å². The summed E-state index contributed by atoms with van der Waals surface area (Å²) in [4.78, 5) is 38.2. The Bertz CT molecular complexity index is 852. The maximum absolute atomic E-state index is 12.3. The van der Waals surface area contributed by atoms with E-state index in [-0.39, 0.29) is 23.1 Å². The van der Waals surface area contributed by atoms with Crippen molar-refractivity contribution in [2.24, 2.45) is 0 Å². The van der Waals surface area contributed by atoms with Gasteiger partial charge < -0.3 is 19.5 Å². The summed E-state index contributed by atoms with van der Waals surface area (Å²) in [5.74, 6) is -0.511. The lowest BCUT2D eigenvalue weighted by Gasteiger charge is -2.25. The number of aryl methyl sites for hydroxylation is 1. The van der Waals surface area contributed by atoms with Gasteiger partial charge in [-0.1, -0.05) is 0 Å². The topological polar surface area (TPSA) is 101 Å². The molecule has 1 aliphatic carbocycles. The monoisotopic (exact) mass is 316 g/mol. The second-order valence-corrected chi connectivity index (χ2v) is 5.35. The molecule has 7 heteroatoms. The van der Waals surface area contributed by atoms with Gasteiger partial charge in [-0.2, -0.15) is 0 Å². The quantitative estimate of drug-likeness (QED) is 0.884. The van der Waals surface area contributed by atoms with E-state index in [1.165, 1.54) is 13.2 Å². The fraction of sp³-hybridized carbons (Fsp3) is 0.312. The van der Waals surface area contributed by atoms with Gasteiger partial charge in [0, 0.05) is 17.8 Å². The molecule has 1 atom stereocenters. The van der Waals surface area contributed by atoms with Crippen molar-refractivity contribution in [3.63, 3.8) is 0 Å². The predicted octanol–water partition coefficient (Wildman–Crippen LogP) is 1.14. The van der Waals surface area contributed by atoms with Gasteiger partial charge in [-0.25, -0.2) is 0 Å². The average molecular weight is 316 g/mol. The first-order chi connectivity index (χ1) is 11.1. The number of amides is 1. The number of fused-ring (bicyclic) bond motifs is 1. The van der Waals surface area contributed by atoms with Crippen LogP contribution in [0.3, 0.4) is 0 Å². The van der Waals surface area contributed by atoms with Gasteiger partial charge in [-0.15, -0.1) is 0 Å². The fourth-order valence-corrected chi connectivity index (χ4v) is 2.75. The van der Waals surface area contributed by atoms with Crippen LogP contribution in [-0.4, -0.2) is 18.0 Å². The highest BCUT2D eigenvalue weighted by molar-refractivity contribution is 5.91. The second kappa shape index (κ2) is 6.12. The fourth-order valence-electron chi connectivity index (χ4n) is 2.75. The Morgan fingerprint density at radius 2 is 2.22 bits per heavy atom. The van der Waals surface area contributed by atoms with Crippen molar-refractivity contribution in [2.75, 3.05) is 7.11 Å². The molecule has 0 bridgehead atoms. The van der Waals surface area contributed by atoms with Crippen LogP contribution in [0.4, 0.5) is 0 Å². The molecule has 1 amide bonds. The van der Waals surface area contributed by atoms with E-state index in [1.54, 1.807) is 6.07 Å². The number of hydrogen-bond donors (Lipinski definition) is 2. The second-order valence-electron chi connectivity index (χ2n) is 5.35. The summed E-state index contributed by atoms with van der Waals surface area (Å²) in [6.45, 7) is 0. The van der Waals surface area contributed by atoms with Crippen LogP contribution in [0.5, 0.6) is 5.75 Å². The average Bonchev–Trinajstić information content (AvgIpc) is 2.54. The largest absolute Gasteiger partial charge is 0.490 e. The zero-order valence-electron chi connectivity index (χ0n) is 12.5. The molecule has 0 saturated carbocycles. The molecule has 2 N–H and O–H groups in total. The number of aromatic nitrogens is 1. The molecule has 0 aromatic carbocycles. The van der Waals surface area contributed by atoms with Crippen molar-refractivity contribution in [1.82, 2.24) is 10.3 Å². The van der Waals surface area contributed by atoms with Crippen LogP contribution in [0.2, 0.25) is 0 Å². The van der Waals surface area contributed by atoms with E-state index in [0.29, 0.717) is 0 Å². The number of methoxy groups -OCH3 is 1. The maximum Gasteiger partial charge on any atom is 0.287 e. The number of aromatic amines is 1. The van der Waals surface area contributed by atoms with Gasteiger partial charge in [0.1, 0.15) is 6.26 Å². The minimum absolute atomic E-state index is 0.0436. The number of nitrogens with one attached hydrogen (secondary N) is 2. The van der Waals surface area contributed by atoms with Crippen molar-refractivity contribution < 1.29 is 13.9 Å². The lowest BCUT2D eigenvalue weighted by atomic mass is 9.91. The zero-order valence-corrected chi connectivity index (χ0v) is 12.5. The Kier molecular flexibility index (Phi) is 4.01. The molecule has 23 heavy (non-hydrogen) atoms. The number of pyridine rings is 1. The Labute approximate surface area is 131 Å². The molecule has 0 fully saturated rings. The normalized spacial score (nSPS) is 16.5. The number of carbonyl (C=O) groups is 1. The Morgan fingerprint density at radius 3 is 2.96 bits per heavy atom. The summed E-state index contributed by atoms with van der Waals surface area (Å²) in [7, 11) is 1.35. The standard InChI is InChI=1S/C16H16N2O5/c1-22-14-8-23-13(7-12(14)19)16(21)18-11-4-2-3-10-9(11)5-6-15(20)17-10/h5-8,11H,2-4H2,1H3,(H,17,20)(H,18,21). The molecular weight excluding hydrogens is 300 g/mol. The highest BCUT2D eigenvalue weighted by Crippen LogP contribution is 2.27. The first-order valence-electron chi connectivity index (χ1n) is 7.28. The predicted molar refractivity (Wildman–Crippen MR) is 81.7 cm³/mol. The van der Waals surface area contributed by atoms with Crippen LogP contribution in [0.25, 0.3) is 0 Å². The van der Waals surface area contributed by atoms with Crippen LogP contribution in [-0.2, 0) is 6.42 Å². The highest BCUT2D eigenvalue weighted by atomic mass is 16.5. The molecule has 7 nitrogen and oxygen atoms in total. The van der Waals surface area contributed by atoms with Crippen molar-refractivity contribution in [1.29, 1.82) is 0 Å². The molecule has 1 unspecified atom stereocenters. The van der Waals surface area contributed by atoms with Crippen LogP contribution < -0.4 is 21.0 Å². The minimum Gasteiger partial charge on any atom is -0.490 e. The third kappa shape index (κ3) is 3.03. The molecule has 2 aromatic rings. The third-order valence-electron chi connectivity index (χ3n) is 3.88. The molecule has 2 aromatic heterocycles. The number of ether oxygens (including phenoxy) is 1. The van der Waals surface area contributed by atoms with Crippen molar-refractivity contribution in [3.8, 4) is 5.75 Å². The molecule has 1 aliphatic rings. The Morgan fingerprint density at radius 1 is 1.39 bits per heavy atom. The first kappa shape index (κ1) is 15.1. The Balaban J connectivity index is 1.83. The van der Waals surface area contributed by atoms with E-state index in [0.717, 1.165) is 42.8 Å². The summed E-state index contributed by atoms with van der Waals surface area (Å²) in [5, 5.41) is 2.84. The number of carbonyl (C=O) groups excluding carboxylic acids is 1. The number of rotatable bonds is 3. The summed E-state index contributed by atoms with van der Waals surface area (Å²) >= 11 is 0. The van der Waals surface area contributed by atoms with E-state index in [4.69, 9.17) is 9.15 Å². The van der Waals surface area contributed by atoms with Gasteiger partial charge in [-0.3, -0.25) is 14.4 Å². The SMILES string of the molecule is COc1coc(C(=O)NC2CCCc3[nH]c(=O)ccc32)cc1=O. The van der Waals surface area contributed by atoms with Gasteiger partial charge in [0.25, 0.3) is 5.91 Å². The molecule has 120 valence electrons. The number of hydrogen-bond acceptors (Lipinski definition) is 5. The molecule has 3 rings (SSSR count). The lowest BCUT2D eigenvalue weighted by molar-refractivity contribution is 0.0901. The van der Waals surface area contributed by atoms with Gasteiger partial charge in [0.2, 0.25) is 16.7 Å². The Hall–Kier alpha value is -2.83. The van der Waals surface area contributed by atoms with Crippen molar-refractivity contribution in [2.45, 2.75) is 25.3 Å². The summed E-state index contributed by atoms with van der Waals surface area (Å²) in [5.41, 5.74) is 1.15. The molecular formula is C16H16N2O5. The molecule has 0 radical (unpaired) electrons. The van der Waals surface area contributed by atoms with E-state index in [9.17, 15) is 14.4 Å². The van der Waals surface area contributed by atoms with Crippen molar-refractivity contribution in [3.05, 3.63) is 62.1 Å². The van der Waals surface area contributed by atoms with Crippen LogP contribution in [0.1, 0.15) is 40.7 Å². The maximum atomic E-state index is 12.3. The zero-order chi connectivity index (χ0) is 16.4. The van der Waals surface area contributed by atoms with Crippen LogP contribution >= 0.6 is 0 Å². The van der Waals surface area contributed by atoms with Gasteiger partial charge in [-0.05, 0) is 30.9 Å². The first-order valence-corrected chi connectivity index (χ1v) is 7.28. The summed E-state index contributed by atoms with van der Waals surface area (Å²) in [6, 6.07) is 4.04. The summed E-state index contributed by atoms with van der Waals surface area (Å²) < 4.78 is 9.96. The van der Waals surface area contributed by atoms with E-state index >= 15 is 0 Å². The molecule has 2 heterocycles. The van der Waals surface area contributed by atoms with Crippen LogP contribution in [0.15, 0.2) is 38.5 Å². The van der Waals surface area contributed by atoms with Gasteiger partial charge in [0.05, 0.1) is 13.2 Å². The van der Waals surface area contributed by atoms with Gasteiger partial charge in [0.15, 0.2) is 5.76 Å². The molecule has 0 spiro atoms. The minimum atomic E-state index is -0.478. The molecule has 0 saturated heterocycles. The van der Waals surface area contributed by atoms with Crippen LogP contribution in [0, 0.1) is 0 Å². The van der Waals surface area contributed by atoms with E-state index < -0.39 is 11.3 Å². The van der Waals surface area contributed by atoms with Crippen molar-refractivity contribution >= 4 is 5.91 Å². The smallest absolute Gasteiger partial charge is 0.287 e.